The number of carbonyl (C=O) groups excluding carboxylic acids is 1. The molecule has 1 amide bonds. The zero-order valence-electron chi connectivity index (χ0n) is 11.9. The van der Waals surface area contributed by atoms with Gasteiger partial charge in [0, 0.05) is 6.04 Å². The Labute approximate surface area is 131 Å². The molecule has 0 saturated heterocycles. The zero-order chi connectivity index (χ0) is 15.4. The summed E-state index contributed by atoms with van der Waals surface area (Å²) < 4.78 is 19.0. The highest BCUT2D eigenvalue weighted by Crippen LogP contribution is 2.25. The van der Waals surface area contributed by atoms with Crippen molar-refractivity contribution in [2.45, 2.75) is 36.9 Å². The Balaban J connectivity index is 1.55. The van der Waals surface area contributed by atoms with Crippen LogP contribution in [0.3, 0.4) is 0 Å². The average Bonchev–Trinajstić information content (AvgIpc) is 3.17. The Morgan fingerprint density at radius 2 is 2.09 bits per heavy atom. The molecule has 0 spiro atoms. The van der Waals surface area contributed by atoms with Crippen molar-refractivity contribution in [1.82, 2.24) is 15.5 Å². The summed E-state index contributed by atoms with van der Waals surface area (Å²) in [5, 5.41) is 10.9. The number of thioether (sulfide) groups is 1. The molecule has 3 rings (SSSR count). The number of nitrogens with one attached hydrogen (secondary N) is 1. The Hall–Kier alpha value is -1.89. The molecule has 1 N–H and O–H groups in total. The molecule has 1 aromatic heterocycles. The lowest BCUT2D eigenvalue weighted by Crippen LogP contribution is -2.33. The van der Waals surface area contributed by atoms with E-state index >= 15 is 0 Å². The first kappa shape index (κ1) is 15.0. The molecule has 22 heavy (non-hydrogen) atoms. The topological polar surface area (TPSA) is 68.0 Å². The number of rotatable bonds is 5. The van der Waals surface area contributed by atoms with Crippen LogP contribution in [0.1, 0.15) is 25.7 Å². The van der Waals surface area contributed by atoms with Crippen LogP contribution in [-0.2, 0) is 4.79 Å². The third kappa shape index (κ3) is 3.65. The smallest absolute Gasteiger partial charge is 0.277 e. The van der Waals surface area contributed by atoms with Gasteiger partial charge in [0.05, 0.1) is 11.3 Å². The van der Waals surface area contributed by atoms with Crippen LogP contribution in [0.2, 0.25) is 0 Å². The number of hydrogen-bond donors (Lipinski definition) is 1. The number of amides is 1. The molecule has 0 aliphatic heterocycles. The second kappa shape index (κ2) is 6.91. The van der Waals surface area contributed by atoms with Crippen LogP contribution in [0.15, 0.2) is 33.9 Å². The van der Waals surface area contributed by atoms with E-state index in [0.717, 1.165) is 24.6 Å². The highest BCUT2D eigenvalue weighted by atomic mass is 32.2. The maximum atomic E-state index is 13.6. The lowest BCUT2D eigenvalue weighted by atomic mass is 10.2. The van der Waals surface area contributed by atoms with Gasteiger partial charge in [0.25, 0.3) is 11.1 Å². The number of nitrogens with zero attached hydrogens (tertiary/aromatic N) is 2. The highest BCUT2D eigenvalue weighted by Gasteiger charge is 2.18. The maximum absolute atomic E-state index is 13.6. The molecule has 1 aromatic carbocycles. The predicted octanol–water partition coefficient (Wildman–Crippen LogP) is 3.03. The van der Waals surface area contributed by atoms with Gasteiger partial charge in [-0.2, -0.15) is 0 Å². The minimum Gasteiger partial charge on any atom is -0.411 e. The van der Waals surface area contributed by atoms with E-state index in [9.17, 15) is 9.18 Å². The van der Waals surface area contributed by atoms with Gasteiger partial charge in [0.1, 0.15) is 5.82 Å². The monoisotopic (exact) mass is 321 g/mol. The summed E-state index contributed by atoms with van der Waals surface area (Å²) in [5.74, 6) is -0.115. The van der Waals surface area contributed by atoms with Gasteiger partial charge in [-0.05, 0) is 25.0 Å². The first-order valence-corrected chi connectivity index (χ1v) is 8.21. The van der Waals surface area contributed by atoms with Crippen LogP contribution < -0.4 is 5.32 Å². The Kier molecular flexibility index (Phi) is 4.72. The van der Waals surface area contributed by atoms with E-state index in [4.69, 9.17) is 4.42 Å². The van der Waals surface area contributed by atoms with Gasteiger partial charge in [-0.1, -0.05) is 36.7 Å². The number of carbonyl (C=O) groups is 1. The maximum Gasteiger partial charge on any atom is 0.277 e. The van der Waals surface area contributed by atoms with Crippen LogP contribution in [0.5, 0.6) is 0 Å². The highest BCUT2D eigenvalue weighted by molar-refractivity contribution is 7.99. The Morgan fingerprint density at radius 1 is 1.32 bits per heavy atom. The molecule has 1 fully saturated rings. The second-order valence-corrected chi connectivity index (χ2v) is 6.12. The fraction of sp³-hybridized carbons (Fsp3) is 0.400. The quantitative estimate of drug-likeness (QED) is 0.857. The fourth-order valence-electron chi connectivity index (χ4n) is 2.48. The molecule has 5 nitrogen and oxygen atoms in total. The summed E-state index contributed by atoms with van der Waals surface area (Å²) in [6, 6.07) is 6.50. The summed E-state index contributed by atoms with van der Waals surface area (Å²) in [4.78, 5) is 11.8. The zero-order valence-corrected chi connectivity index (χ0v) is 12.7. The second-order valence-electron chi connectivity index (χ2n) is 5.19. The van der Waals surface area contributed by atoms with Crippen LogP contribution in [0.4, 0.5) is 4.39 Å². The summed E-state index contributed by atoms with van der Waals surface area (Å²) in [6.07, 6.45) is 4.45. The Morgan fingerprint density at radius 3 is 2.86 bits per heavy atom. The van der Waals surface area contributed by atoms with Crippen LogP contribution >= 0.6 is 11.8 Å². The minimum atomic E-state index is -0.415. The third-order valence-electron chi connectivity index (χ3n) is 3.56. The molecule has 1 aliphatic carbocycles. The first-order valence-electron chi connectivity index (χ1n) is 7.23. The minimum absolute atomic E-state index is 0.0393. The van der Waals surface area contributed by atoms with Crippen molar-refractivity contribution in [2.75, 3.05) is 5.75 Å². The summed E-state index contributed by atoms with van der Waals surface area (Å²) in [5.41, 5.74) is 0.261. The lowest BCUT2D eigenvalue weighted by Gasteiger charge is -2.10. The number of aromatic nitrogens is 2. The van der Waals surface area contributed by atoms with Gasteiger partial charge in [0.15, 0.2) is 0 Å². The fourth-order valence-corrected chi connectivity index (χ4v) is 3.05. The van der Waals surface area contributed by atoms with Crippen molar-refractivity contribution < 1.29 is 13.6 Å². The molecule has 1 aliphatic rings. The van der Waals surface area contributed by atoms with Gasteiger partial charge in [0.2, 0.25) is 5.91 Å². The van der Waals surface area contributed by atoms with Crippen molar-refractivity contribution in [1.29, 1.82) is 0 Å². The largest absolute Gasteiger partial charge is 0.411 e. The van der Waals surface area contributed by atoms with E-state index in [1.807, 2.05) is 0 Å². The van der Waals surface area contributed by atoms with E-state index in [1.54, 1.807) is 18.2 Å². The molecule has 0 unspecified atom stereocenters. The van der Waals surface area contributed by atoms with Crippen molar-refractivity contribution in [3.05, 3.63) is 30.1 Å². The van der Waals surface area contributed by atoms with E-state index in [-0.39, 0.29) is 28.3 Å². The molecule has 116 valence electrons. The van der Waals surface area contributed by atoms with E-state index in [0.29, 0.717) is 6.04 Å². The molecular formula is C15H16FN3O2S. The first-order chi connectivity index (χ1) is 10.7. The van der Waals surface area contributed by atoms with Gasteiger partial charge >= 0.3 is 0 Å². The molecule has 0 bridgehead atoms. The van der Waals surface area contributed by atoms with E-state index < -0.39 is 5.82 Å². The summed E-state index contributed by atoms with van der Waals surface area (Å²) >= 11 is 1.16. The van der Waals surface area contributed by atoms with E-state index in [1.165, 1.54) is 18.9 Å². The molecular weight excluding hydrogens is 305 g/mol. The van der Waals surface area contributed by atoms with Crippen LogP contribution in [0.25, 0.3) is 11.5 Å². The molecule has 2 aromatic rings. The lowest BCUT2D eigenvalue weighted by molar-refractivity contribution is -0.119. The predicted molar refractivity (Wildman–Crippen MR) is 80.8 cm³/mol. The van der Waals surface area contributed by atoms with Gasteiger partial charge in [-0.3, -0.25) is 4.79 Å². The van der Waals surface area contributed by atoms with Gasteiger partial charge in [-0.25, -0.2) is 4.39 Å². The standard InChI is InChI=1S/C15H16FN3O2S/c16-12-8-4-3-7-11(12)14-18-19-15(21-14)22-9-13(20)17-10-5-1-2-6-10/h3-4,7-8,10H,1-2,5-6,9H2,(H,17,20). The molecule has 0 atom stereocenters. The number of benzene rings is 1. The van der Waals surface area contributed by atoms with Crippen molar-refractivity contribution >= 4 is 17.7 Å². The van der Waals surface area contributed by atoms with Gasteiger partial charge in [-0.15, -0.1) is 10.2 Å². The summed E-state index contributed by atoms with van der Waals surface area (Å²) in [7, 11) is 0. The third-order valence-corrected chi connectivity index (χ3v) is 4.38. The average molecular weight is 321 g/mol. The SMILES string of the molecule is O=C(CSc1nnc(-c2ccccc2F)o1)NC1CCCC1. The van der Waals surface area contributed by atoms with Crippen molar-refractivity contribution in [3.8, 4) is 11.5 Å². The van der Waals surface area contributed by atoms with Crippen molar-refractivity contribution in [3.63, 3.8) is 0 Å². The number of hydrogen-bond acceptors (Lipinski definition) is 5. The normalized spacial score (nSPS) is 15.1. The van der Waals surface area contributed by atoms with Crippen LogP contribution in [0, 0.1) is 5.82 Å². The molecule has 1 heterocycles. The molecule has 7 heteroatoms. The van der Waals surface area contributed by atoms with Crippen LogP contribution in [-0.4, -0.2) is 27.9 Å². The summed E-state index contributed by atoms with van der Waals surface area (Å²) in [6.45, 7) is 0. The van der Waals surface area contributed by atoms with Gasteiger partial charge < -0.3 is 9.73 Å². The molecule has 0 radical (unpaired) electrons. The number of halogens is 1. The van der Waals surface area contributed by atoms with E-state index in [2.05, 4.69) is 15.5 Å². The Bertz CT molecular complexity index is 656. The van der Waals surface area contributed by atoms with Crippen molar-refractivity contribution in [2.24, 2.45) is 0 Å². The molecule has 1 saturated carbocycles.